The number of pyridine rings is 1. The van der Waals surface area contributed by atoms with Crippen LogP contribution in [0.4, 0.5) is 0 Å². The lowest BCUT2D eigenvalue weighted by Gasteiger charge is -2.39. The number of rotatable bonds is 13. The number of fused-ring (bicyclic) bond motifs is 1. The number of ether oxygens (including phenoxy) is 1. The SMILES string of the molecule is COc1ccc2nccc([C@H](O)CC[C@@H]3CCN(CCCSc4ccncn4)C[C@H]3CCC(=O)O)c2c1. The summed E-state index contributed by atoms with van der Waals surface area (Å²) in [6.45, 7) is 2.93. The maximum atomic E-state index is 11.3. The Labute approximate surface area is 222 Å². The average Bonchev–Trinajstić information content (AvgIpc) is 2.93. The third-order valence-corrected chi connectivity index (χ3v) is 8.31. The Morgan fingerprint density at radius 3 is 2.86 bits per heavy atom. The van der Waals surface area contributed by atoms with E-state index in [-0.39, 0.29) is 6.42 Å². The first-order valence-corrected chi connectivity index (χ1v) is 14.0. The summed E-state index contributed by atoms with van der Waals surface area (Å²) in [6, 6.07) is 9.53. The van der Waals surface area contributed by atoms with Crippen LogP contribution in [0.3, 0.4) is 0 Å². The van der Waals surface area contributed by atoms with Crippen molar-refractivity contribution in [2.45, 2.75) is 49.7 Å². The molecule has 0 saturated carbocycles. The molecule has 198 valence electrons. The van der Waals surface area contributed by atoms with Crippen LogP contribution in [0.25, 0.3) is 10.9 Å². The van der Waals surface area contributed by atoms with Gasteiger partial charge < -0.3 is 19.8 Å². The molecule has 0 aliphatic carbocycles. The number of benzene rings is 1. The fraction of sp³-hybridized carbons (Fsp3) is 0.500. The van der Waals surface area contributed by atoms with Crippen molar-refractivity contribution in [2.75, 3.05) is 32.5 Å². The lowest BCUT2D eigenvalue weighted by atomic mass is 9.79. The highest BCUT2D eigenvalue weighted by Crippen LogP contribution is 2.35. The van der Waals surface area contributed by atoms with Gasteiger partial charge in [-0.2, -0.15) is 0 Å². The number of likely N-dealkylation sites (tertiary alicyclic amines) is 1. The summed E-state index contributed by atoms with van der Waals surface area (Å²) in [6.07, 6.45) is 8.94. The predicted molar refractivity (Wildman–Crippen MR) is 145 cm³/mol. The molecule has 3 heterocycles. The van der Waals surface area contributed by atoms with E-state index in [0.29, 0.717) is 24.7 Å². The molecule has 0 spiro atoms. The maximum Gasteiger partial charge on any atom is 0.303 e. The third kappa shape index (κ3) is 7.87. The van der Waals surface area contributed by atoms with E-state index >= 15 is 0 Å². The fourth-order valence-electron chi connectivity index (χ4n) is 5.30. The summed E-state index contributed by atoms with van der Waals surface area (Å²) in [5.41, 5.74) is 1.70. The van der Waals surface area contributed by atoms with Crippen LogP contribution >= 0.6 is 11.8 Å². The number of hydrogen-bond acceptors (Lipinski definition) is 8. The van der Waals surface area contributed by atoms with Crippen LogP contribution < -0.4 is 4.74 Å². The minimum Gasteiger partial charge on any atom is -0.497 e. The zero-order chi connectivity index (χ0) is 26.0. The van der Waals surface area contributed by atoms with Crippen LogP contribution in [-0.4, -0.2) is 68.5 Å². The summed E-state index contributed by atoms with van der Waals surface area (Å²) < 4.78 is 5.37. The van der Waals surface area contributed by atoms with Gasteiger partial charge in [0.2, 0.25) is 0 Å². The zero-order valence-corrected chi connectivity index (χ0v) is 22.1. The third-order valence-electron chi connectivity index (χ3n) is 7.28. The van der Waals surface area contributed by atoms with Crippen molar-refractivity contribution in [3.8, 4) is 5.75 Å². The second-order valence-electron chi connectivity index (χ2n) is 9.67. The normalized spacial score (nSPS) is 19.1. The number of carbonyl (C=O) groups is 1. The molecule has 9 heteroatoms. The summed E-state index contributed by atoms with van der Waals surface area (Å²) in [5, 5.41) is 22.3. The van der Waals surface area contributed by atoms with E-state index in [0.717, 1.165) is 71.9 Å². The first-order chi connectivity index (χ1) is 18.0. The zero-order valence-electron chi connectivity index (χ0n) is 21.3. The molecule has 8 nitrogen and oxygen atoms in total. The average molecular weight is 525 g/mol. The highest BCUT2D eigenvalue weighted by molar-refractivity contribution is 7.99. The van der Waals surface area contributed by atoms with E-state index in [9.17, 15) is 15.0 Å². The molecule has 3 aromatic rings. The van der Waals surface area contributed by atoms with Crippen LogP contribution in [0.5, 0.6) is 5.75 Å². The molecule has 3 atom stereocenters. The second-order valence-corrected chi connectivity index (χ2v) is 10.8. The minimum atomic E-state index is -0.741. The van der Waals surface area contributed by atoms with E-state index in [1.54, 1.807) is 37.6 Å². The molecule has 1 aliphatic rings. The number of aliphatic hydroxyl groups is 1. The molecule has 1 saturated heterocycles. The highest BCUT2D eigenvalue weighted by Gasteiger charge is 2.30. The van der Waals surface area contributed by atoms with E-state index < -0.39 is 12.1 Å². The number of aliphatic carboxylic acids is 1. The van der Waals surface area contributed by atoms with E-state index in [4.69, 9.17) is 4.74 Å². The van der Waals surface area contributed by atoms with Crippen molar-refractivity contribution in [1.82, 2.24) is 19.9 Å². The molecule has 0 bridgehead atoms. The lowest BCUT2D eigenvalue weighted by Crippen LogP contribution is -2.41. The molecular formula is C28H36N4O4S. The molecule has 1 aromatic carbocycles. The number of piperidine rings is 1. The fourth-order valence-corrected chi connectivity index (χ4v) is 6.06. The predicted octanol–water partition coefficient (Wildman–Crippen LogP) is 4.83. The number of aliphatic hydroxyl groups excluding tert-OH is 1. The Bertz CT molecular complexity index is 1150. The molecule has 2 aromatic heterocycles. The number of aromatic nitrogens is 3. The van der Waals surface area contributed by atoms with E-state index in [1.807, 2.05) is 30.3 Å². The molecule has 1 aliphatic heterocycles. The number of methoxy groups -OCH3 is 1. The van der Waals surface area contributed by atoms with Crippen LogP contribution in [0.15, 0.2) is 54.1 Å². The largest absolute Gasteiger partial charge is 0.497 e. The standard InChI is InChI=1S/C28H36N4O4S/c1-36-22-5-6-25-24(17-22)23(9-13-30-25)26(33)7-3-20-11-15-32(18-21(20)4-8-28(34)35)14-2-16-37-27-10-12-29-19-31-27/h5-6,9-10,12-13,17,19-21,26,33H,2-4,7-8,11,14-16,18H2,1H3,(H,34,35)/t20-,21-,26-/m1/s1. The highest BCUT2D eigenvalue weighted by atomic mass is 32.2. The summed E-state index contributed by atoms with van der Waals surface area (Å²) >= 11 is 1.74. The van der Waals surface area contributed by atoms with Crippen molar-refractivity contribution in [3.63, 3.8) is 0 Å². The van der Waals surface area contributed by atoms with Gasteiger partial charge >= 0.3 is 5.97 Å². The number of hydrogen-bond donors (Lipinski definition) is 2. The molecule has 0 unspecified atom stereocenters. The molecule has 1 fully saturated rings. The Hall–Kier alpha value is -2.75. The molecule has 37 heavy (non-hydrogen) atoms. The number of thioether (sulfide) groups is 1. The van der Waals surface area contributed by atoms with E-state index in [2.05, 4.69) is 19.9 Å². The number of carboxylic acids is 1. The lowest BCUT2D eigenvalue weighted by molar-refractivity contribution is -0.137. The topological polar surface area (TPSA) is 109 Å². The van der Waals surface area contributed by atoms with Crippen molar-refractivity contribution in [3.05, 3.63) is 54.6 Å². The van der Waals surface area contributed by atoms with Crippen LogP contribution in [0.1, 0.15) is 50.2 Å². The van der Waals surface area contributed by atoms with Gasteiger partial charge in [-0.05, 0) is 92.9 Å². The number of carboxylic acid groups (broad SMARTS) is 1. The van der Waals surface area contributed by atoms with Gasteiger partial charge in [-0.3, -0.25) is 9.78 Å². The minimum absolute atomic E-state index is 0.190. The Kier molecular flexibility index (Phi) is 10.1. The molecule has 0 amide bonds. The van der Waals surface area contributed by atoms with E-state index in [1.165, 1.54) is 0 Å². The van der Waals surface area contributed by atoms with Crippen LogP contribution in [0, 0.1) is 11.8 Å². The Morgan fingerprint density at radius 1 is 1.19 bits per heavy atom. The van der Waals surface area contributed by atoms with Gasteiger partial charge in [-0.1, -0.05) is 0 Å². The van der Waals surface area contributed by atoms with Gasteiger partial charge in [-0.25, -0.2) is 9.97 Å². The monoisotopic (exact) mass is 524 g/mol. The maximum absolute atomic E-state index is 11.3. The van der Waals surface area contributed by atoms with Crippen molar-refractivity contribution < 1.29 is 19.7 Å². The van der Waals surface area contributed by atoms with Gasteiger partial charge in [0.25, 0.3) is 0 Å². The van der Waals surface area contributed by atoms with Gasteiger partial charge in [0.1, 0.15) is 12.1 Å². The molecular weight excluding hydrogens is 488 g/mol. The first kappa shape index (κ1) is 27.3. The Balaban J connectivity index is 1.32. The quantitative estimate of drug-likeness (QED) is 0.185. The summed E-state index contributed by atoms with van der Waals surface area (Å²) in [7, 11) is 1.63. The Morgan fingerprint density at radius 2 is 2.08 bits per heavy atom. The van der Waals surface area contributed by atoms with Gasteiger partial charge in [0.15, 0.2) is 0 Å². The van der Waals surface area contributed by atoms with Crippen molar-refractivity contribution in [1.29, 1.82) is 0 Å². The molecule has 2 N–H and O–H groups in total. The van der Waals surface area contributed by atoms with Crippen LogP contribution in [-0.2, 0) is 4.79 Å². The van der Waals surface area contributed by atoms with Gasteiger partial charge in [0, 0.05) is 36.5 Å². The van der Waals surface area contributed by atoms with Crippen molar-refractivity contribution in [2.24, 2.45) is 11.8 Å². The molecule has 0 radical (unpaired) electrons. The van der Waals surface area contributed by atoms with Crippen LogP contribution in [0.2, 0.25) is 0 Å². The first-order valence-electron chi connectivity index (χ1n) is 13.0. The summed E-state index contributed by atoms with van der Waals surface area (Å²) in [4.78, 5) is 26.4. The van der Waals surface area contributed by atoms with Gasteiger partial charge in [0.05, 0.1) is 23.8 Å². The smallest absolute Gasteiger partial charge is 0.303 e. The van der Waals surface area contributed by atoms with Crippen molar-refractivity contribution >= 4 is 28.6 Å². The summed E-state index contributed by atoms with van der Waals surface area (Å²) in [5.74, 6) is 1.72. The second kappa shape index (κ2) is 13.7. The molecule has 4 rings (SSSR count). The number of nitrogens with zero attached hydrogens (tertiary/aromatic N) is 4. The van der Waals surface area contributed by atoms with Gasteiger partial charge in [-0.15, -0.1) is 11.8 Å².